The summed E-state index contributed by atoms with van der Waals surface area (Å²) >= 11 is 0. The van der Waals surface area contributed by atoms with E-state index in [0.717, 1.165) is 12.8 Å². The van der Waals surface area contributed by atoms with Crippen molar-refractivity contribution in [2.24, 2.45) is 4.99 Å². The van der Waals surface area contributed by atoms with Crippen molar-refractivity contribution in [3.8, 4) is 0 Å². The SMILES string of the molecule is C=CCn1c(=O)c2ccc(Nc3cc(N)c(C4=NC5(CCOCC5)CO4)cn3)nc2n1C(C)C. The summed E-state index contributed by atoms with van der Waals surface area (Å²) in [6, 6.07) is 5.32. The first-order chi connectivity index (χ1) is 16.4. The monoisotopic (exact) mass is 463 g/mol. The molecule has 0 aromatic carbocycles. The number of anilines is 3. The molecule has 178 valence electrons. The van der Waals surface area contributed by atoms with E-state index in [0.29, 0.717) is 66.2 Å². The minimum Gasteiger partial charge on any atom is -0.475 e. The fourth-order valence-corrected chi connectivity index (χ4v) is 4.50. The van der Waals surface area contributed by atoms with Crippen molar-refractivity contribution in [1.29, 1.82) is 0 Å². The van der Waals surface area contributed by atoms with Crippen LogP contribution in [-0.2, 0) is 16.0 Å². The molecule has 0 aliphatic carbocycles. The zero-order chi connectivity index (χ0) is 23.9. The van der Waals surface area contributed by atoms with Gasteiger partial charge in [-0.15, -0.1) is 6.58 Å². The van der Waals surface area contributed by atoms with Crippen LogP contribution in [0.15, 0.2) is 46.8 Å². The highest BCUT2D eigenvalue weighted by Gasteiger charge is 2.39. The average molecular weight is 464 g/mol. The van der Waals surface area contributed by atoms with Gasteiger partial charge in [0.2, 0.25) is 5.90 Å². The summed E-state index contributed by atoms with van der Waals surface area (Å²) in [4.78, 5) is 26.8. The second-order valence-electron chi connectivity index (χ2n) is 9.01. The molecule has 34 heavy (non-hydrogen) atoms. The molecule has 1 fully saturated rings. The predicted octanol–water partition coefficient (Wildman–Crippen LogP) is 3.01. The van der Waals surface area contributed by atoms with Crippen LogP contribution in [0, 0.1) is 0 Å². The van der Waals surface area contributed by atoms with Crippen LogP contribution in [0.25, 0.3) is 11.0 Å². The summed E-state index contributed by atoms with van der Waals surface area (Å²) in [5.74, 6) is 1.63. The second-order valence-corrected chi connectivity index (χ2v) is 9.01. The molecule has 0 atom stereocenters. The largest absolute Gasteiger partial charge is 0.475 e. The minimum atomic E-state index is -0.218. The molecule has 0 unspecified atom stereocenters. The van der Waals surface area contributed by atoms with E-state index in [1.54, 1.807) is 35.2 Å². The fourth-order valence-electron chi connectivity index (χ4n) is 4.50. The number of nitrogens with zero attached hydrogens (tertiary/aromatic N) is 5. The quantitative estimate of drug-likeness (QED) is 0.539. The van der Waals surface area contributed by atoms with Crippen LogP contribution < -0.4 is 16.6 Å². The van der Waals surface area contributed by atoms with Gasteiger partial charge < -0.3 is 20.5 Å². The Hall–Kier alpha value is -3.66. The van der Waals surface area contributed by atoms with E-state index in [4.69, 9.17) is 25.2 Å². The van der Waals surface area contributed by atoms with Gasteiger partial charge in [0.05, 0.1) is 17.5 Å². The van der Waals surface area contributed by atoms with Crippen molar-refractivity contribution in [1.82, 2.24) is 19.3 Å². The molecule has 1 spiro atoms. The lowest BCUT2D eigenvalue weighted by atomic mass is 9.92. The second kappa shape index (κ2) is 8.60. The maximum absolute atomic E-state index is 12.8. The smallest absolute Gasteiger partial charge is 0.276 e. The highest BCUT2D eigenvalue weighted by atomic mass is 16.5. The predicted molar refractivity (Wildman–Crippen MR) is 132 cm³/mol. The molecule has 3 aromatic heterocycles. The Morgan fingerprint density at radius 3 is 2.79 bits per heavy atom. The van der Waals surface area contributed by atoms with Crippen LogP contribution in [0.4, 0.5) is 17.3 Å². The van der Waals surface area contributed by atoms with Crippen LogP contribution in [-0.4, -0.2) is 50.6 Å². The van der Waals surface area contributed by atoms with Crippen molar-refractivity contribution in [2.45, 2.75) is 44.8 Å². The van der Waals surface area contributed by atoms with Crippen molar-refractivity contribution in [3.63, 3.8) is 0 Å². The zero-order valence-electron chi connectivity index (χ0n) is 19.5. The number of hydrogen-bond acceptors (Lipinski definition) is 8. The molecule has 10 heteroatoms. The van der Waals surface area contributed by atoms with Gasteiger partial charge in [-0.2, -0.15) is 0 Å². The Bertz CT molecular complexity index is 1330. The molecule has 5 rings (SSSR count). The van der Waals surface area contributed by atoms with Gasteiger partial charge in [0.15, 0.2) is 5.65 Å². The fraction of sp³-hybridized carbons (Fsp3) is 0.417. The van der Waals surface area contributed by atoms with Gasteiger partial charge in [0, 0.05) is 37.2 Å². The van der Waals surface area contributed by atoms with Gasteiger partial charge in [-0.3, -0.25) is 9.48 Å². The van der Waals surface area contributed by atoms with Gasteiger partial charge in [0.1, 0.15) is 23.8 Å². The van der Waals surface area contributed by atoms with Crippen molar-refractivity contribution < 1.29 is 9.47 Å². The highest BCUT2D eigenvalue weighted by Crippen LogP contribution is 2.32. The first kappa shape index (κ1) is 22.1. The molecule has 1 saturated heterocycles. The van der Waals surface area contributed by atoms with Crippen LogP contribution in [0.1, 0.15) is 38.3 Å². The molecule has 3 aromatic rings. The number of nitrogens with one attached hydrogen (secondary N) is 1. The summed E-state index contributed by atoms with van der Waals surface area (Å²) in [6.45, 7) is 10.1. The number of allylic oxidation sites excluding steroid dienone is 1. The van der Waals surface area contributed by atoms with Crippen LogP contribution >= 0.6 is 0 Å². The Morgan fingerprint density at radius 2 is 2.09 bits per heavy atom. The number of rotatable bonds is 6. The van der Waals surface area contributed by atoms with E-state index >= 15 is 0 Å². The number of hydrogen-bond donors (Lipinski definition) is 2. The molecular formula is C24H29N7O3. The van der Waals surface area contributed by atoms with Gasteiger partial charge in [-0.1, -0.05) is 6.08 Å². The topological polar surface area (TPSA) is 122 Å². The lowest BCUT2D eigenvalue weighted by molar-refractivity contribution is 0.0442. The third-order valence-electron chi connectivity index (χ3n) is 6.27. The lowest BCUT2D eigenvalue weighted by Gasteiger charge is -2.28. The Labute approximate surface area is 197 Å². The van der Waals surface area contributed by atoms with Gasteiger partial charge in [-0.05, 0) is 38.8 Å². The average Bonchev–Trinajstić information content (AvgIpc) is 3.33. The van der Waals surface area contributed by atoms with E-state index in [1.807, 2.05) is 18.5 Å². The lowest BCUT2D eigenvalue weighted by Crippen LogP contribution is -2.35. The van der Waals surface area contributed by atoms with Gasteiger partial charge in [-0.25, -0.2) is 19.6 Å². The molecule has 2 aliphatic heterocycles. The molecule has 3 N–H and O–H groups in total. The Kier molecular flexibility index (Phi) is 5.60. The molecular weight excluding hydrogens is 434 g/mol. The van der Waals surface area contributed by atoms with E-state index in [9.17, 15) is 4.79 Å². The maximum Gasteiger partial charge on any atom is 0.276 e. The molecule has 0 saturated carbocycles. The third-order valence-corrected chi connectivity index (χ3v) is 6.27. The maximum atomic E-state index is 12.8. The first-order valence-electron chi connectivity index (χ1n) is 11.5. The van der Waals surface area contributed by atoms with Crippen molar-refractivity contribution in [2.75, 3.05) is 30.9 Å². The molecule has 0 bridgehead atoms. The summed E-state index contributed by atoms with van der Waals surface area (Å²) in [5.41, 5.74) is 7.82. The number of fused-ring (bicyclic) bond motifs is 1. The number of nitrogens with two attached hydrogens (primary N) is 1. The van der Waals surface area contributed by atoms with Crippen molar-refractivity contribution >= 4 is 34.3 Å². The summed E-state index contributed by atoms with van der Waals surface area (Å²) in [5, 5.41) is 3.75. The van der Waals surface area contributed by atoms with Crippen LogP contribution in [0.5, 0.6) is 0 Å². The molecule has 0 radical (unpaired) electrons. The molecule has 2 aliphatic rings. The number of nitrogen functional groups attached to an aromatic ring is 1. The van der Waals surface area contributed by atoms with E-state index in [2.05, 4.69) is 16.9 Å². The molecule has 0 amide bonds. The number of pyridine rings is 2. The number of ether oxygens (including phenoxy) is 2. The van der Waals surface area contributed by atoms with Crippen LogP contribution in [0.3, 0.4) is 0 Å². The van der Waals surface area contributed by atoms with Gasteiger partial charge >= 0.3 is 0 Å². The summed E-state index contributed by atoms with van der Waals surface area (Å²) in [6.07, 6.45) is 5.05. The number of aromatic nitrogens is 4. The Balaban J connectivity index is 1.43. The van der Waals surface area contributed by atoms with Crippen LogP contribution in [0.2, 0.25) is 0 Å². The minimum absolute atomic E-state index is 0.0483. The van der Waals surface area contributed by atoms with E-state index < -0.39 is 0 Å². The van der Waals surface area contributed by atoms with Gasteiger partial charge in [0.25, 0.3) is 5.56 Å². The van der Waals surface area contributed by atoms with Crippen molar-refractivity contribution in [3.05, 3.63) is 53.0 Å². The molecule has 10 nitrogen and oxygen atoms in total. The summed E-state index contributed by atoms with van der Waals surface area (Å²) < 4.78 is 14.9. The highest BCUT2D eigenvalue weighted by molar-refractivity contribution is 6.00. The first-order valence-corrected chi connectivity index (χ1v) is 11.5. The zero-order valence-corrected chi connectivity index (χ0v) is 19.5. The van der Waals surface area contributed by atoms with E-state index in [1.165, 1.54) is 0 Å². The summed E-state index contributed by atoms with van der Waals surface area (Å²) in [7, 11) is 0. The number of aliphatic imine (C=N–C) groups is 1. The van der Waals surface area contributed by atoms with E-state index in [-0.39, 0.29) is 17.1 Å². The normalized spacial score (nSPS) is 17.2. The Morgan fingerprint density at radius 1 is 1.29 bits per heavy atom. The third kappa shape index (κ3) is 3.83. The standard InChI is InChI=1S/C24H29N7O3/c1-4-9-30-23(32)16-5-6-19(28-21(16)31(30)15(2)3)27-20-12-18(25)17(13-26-20)22-29-24(14-34-22)7-10-33-11-8-24/h4-6,12-13,15H,1,7-11,14H2,2-3H3,(H3,25,26,27,28). The molecule has 5 heterocycles.